The van der Waals surface area contributed by atoms with Crippen molar-refractivity contribution in [2.24, 2.45) is 0 Å². The summed E-state index contributed by atoms with van der Waals surface area (Å²) in [6.45, 7) is 0. The Morgan fingerprint density at radius 3 is 1.40 bits per heavy atom. The first-order valence-corrected chi connectivity index (χ1v) is 0.697. The van der Waals surface area contributed by atoms with Crippen LogP contribution in [0.15, 0.2) is 0 Å². The van der Waals surface area contributed by atoms with E-state index in [1.807, 2.05) is 0 Å². The van der Waals surface area contributed by atoms with Crippen molar-refractivity contribution < 1.29 is 70.2 Å². The average Bonchev–Trinajstić information content (AvgIpc) is 0.918. The Kier molecular flexibility index (Phi) is 51.5. The summed E-state index contributed by atoms with van der Waals surface area (Å²) in [7, 11) is 4.50. The summed E-state index contributed by atoms with van der Waals surface area (Å²) in [5.74, 6) is 0. The van der Waals surface area contributed by atoms with Gasteiger partial charge < -0.3 is 4.74 Å². The summed E-state index contributed by atoms with van der Waals surface area (Å²) in [6.07, 6.45) is 0. The van der Waals surface area contributed by atoms with Crippen molar-refractivity contribution in [2.75, 3.05) is 7.11 Å². The van der Waals surface area contributed by atoms with Crippen molar-refractivity contribution in [3.63, 3.8) is 0 Å². The number of methoxy groups -OCH3 is 1. The fourth-order valence-corrected chi connectivity index (χ4v) is 0. The second-order valence-electron chi connectivity index (χ2n) is 0.289. The Bertz CT molecular complexity index is 7.61. The van der Waals surface area contributed by atoms with E-state index in [4.69, 9.17) is 0 Å². The van der Waals surface area contributed by atoms with Gasteiger partial charge in [0, 0.05) is 65.4 Å². The summed E-state index contributed by atoms with van der Waals surface area (Å²) in [5.41, 5.74) is 0. The molecule has 0 saturated heterocycles. The van der Waals surface area contributed by atoms with Crippen LogP contribution in [0.4, 0.5) is 0 Å². The topological polar surface area (TPSA) is 9.23 Å². The molecular weight excluding hydrogens is 218 g/mol. The third-order valence-electron chi connectivity index (χ3n) is 0. The summed E-state index contributed by atoms with van der Waals surface area (Å²) in [4.78, 5) is 0. The van der Waals surface area contributed by atoms with Crippen molar-refractivity contribution in [1.29, 1.82) is 0 Å². The predicted molar refractivity (Wildman–Crippen MR) is 12.4 cm³/mol. The van der Waals surface area contributed by atoms with E-state index in [1.54, 1.807) is 0 Å². The normalized spacial score (nSPS) is 3.60. The fourth-order valence-electron chi connectivity index (χ4n) is 0. The predicted octanol–water partition coefficient (Wildman–Crippen LogP) is 0.419. The summed E-state index contributed by atoms with van der Waals surface area (Å²) in [5, 5.41) is 0. The van der Waals surface area contributed by atoms with Crippen molar-refractivity contribution in [3.8, 4) is 0 Å². The van der Waals surface area contributed by atoms with Gasteiger partial charge in [-0.1, -0.05) is 0 Å². The van der Waals surface area contributed by atoms with Crippen LogP contribution in [-0.4, -0.2) is 7.11 Å². The minimum atomic E-state index is 0. The maximum absolute atomic E-state index is 4.00. The van der Waals surface area contributed by atoms with Gasteiger partial charge in [0.25, 0.3) is 0 Å². The SMILES string of the molecule is [CH2-]OC.[Y].[Y]. The van der Waals surface area contributed by atoms with Crippen LogP contribution in [0.25, 0.3) is 0 Å². The average molecular weight is 223 g/mol. The van der Waals surface area contributed by atoms with Crippen LogP contribution in [-0.2, 0) is 70.2 Å². The first kappa shape index (κ1) is 15.7. The van der Waals surface area contributed by atoms with Gasteiger partial charge in [-0.3, -0.25) is 0 Å². The number of ether oxygens (including phenoxy) is 1. The van der Waals surface area contributed by atoms with Crippen LogP contribution >= 0.6 is 0 Å². The number of hydrogen-bond acceptors (Lipinski definition) is 1. The van der Waals surface area contributed by atoms with Gasteiger partial charge in [0.15, 0.2) is 0 Å². The molecule has 0 aromatic carbocycles. The minimum Gasteiger partial charge on any atom is -0.557 e. The van der Waals surface area contributed by atoms with Crippen LogP contribution in [0.3, 0.4) is 0 Å². The molecule has 0 spiro atoms. The standard InChI is InChI=1S/C2H5O.2Y/c1-3-2;;/h1H2,2H3;;/q-1;;. The maximum Gasteiger partial charge on any atom is 0 e. The molecule has 0 amide bonds. The largest absolute Gasteiger partial charge is 0.557 e. The quantitative estimate of drug-likeness (QED) is 0.540. The number of hydrogen-bond donors (Lipinski definition) is 0. The van der Waals surface area contributed by atoms with Crippen LogP contribution in [0.1, 0.15) is 0 Å². The first-order chi connectivity index (χ1) is 1.41. The zero-order valence-electron chi connectivity index (χ0n) is 3.27. The Morgan fingerprint density at radius 2 is 1.40 bits per heavy atom. The molecule has 0 aromatic heterocycles. The van der Waals surface area contributed by atoms with Gasteiger partial charge in [0.2, 0.25) is 0 Å². The molecule has 0 bridgehead atoms. The third-order valence-corrected chi connectivity index (χ3v) is 0. The Morgan fingerprint density at radius 1 is 1.40 bits per heavy atom. The van der Waals surface area contributed by atoms with Gasteiger partial charge >= 0.3 is 0 Å². The van der Waals surface area contributed by atoms with E-state index in [0.717, 1.165) is 0 Å². The molecule has 0 aromatic rings. The third kappa shape index (κ3) is 22.8. The molecule has 0 unspecified atom stereocenters. The molecule has 26 valence electrons. The van der Waals surface area contributed by atoms with E-state index < -0.39 is 0 Å². The van der Waals surface area contributed by atoms with Gasteiger partial charge in [0.05, 0.1) is 0 Å². The van der Waals surface area contributed by atoms with Gasteiger partial charge in [0.1, 0.15) is 0 Å². The minimum absolute atomic E-state index is 0. The van der Waals surface area contributed by atoms with Gasteiger partial charge in [-0.2, -0.15) is 0 Å². The Hall–Kier alpha value is 2.17. The Balaban J connectivity index is -0.0000000200. The molecular formula is C2H5OY2-. The molecule has 0 aliphatic rings. The van der Waals surface area contributed by atoms with Crippen molar-refractivity contribution in [3.05, 3.63) is 7.11 Å². The number of rotatable bonds is 0. The van der Waals surface area contributed by atoms with Crippen LogP contribution in [0.5, 0.6) is 0 Å². The zero-order chi connectivity index (χ0) is 2.71. The molecule has 0 saturated carbocycles. The van der Waals surface area contributed by atoms with Gasteiger partial charge in [-0.05, 0) is 7.11 Å². The van der Waals surface area contributed by atoms with Crippen molar-refractivity contribution >= 4 is 0 Å². The maximum atomic E-state index is 4.00. The van der Waals surface area contributed by atoms with E-state index in [1.165, 1.54) is 7.11 Å². The van der Waals surface area contributed by atoms with Crippen LogP contribution in [0, 0.1) is 7.11 Å². The molecule has 0 rings (SSSR count). The van der Waals surface area contributed by atoms with E-state index >= 15 is 0 Å². The van der Waals surface area contributed by atoms with E-state index in [2.05, 4.69) is 11.8 Å². The molecule has 2 radical (unpaired) electrons. The second kappa shape index (κ2) is 16.4. The molecule has 0 N–H and O–H groups in total. The molecule has 5 heavy (non-hydrogen) atoms. The van der Waals surface area contributed by atoms with Crippen molar-refractivity contribution in [2.45, 2.75) is 0 Å². The molecule has 3 heteroatoms. The fraction of sp³-hybridized carbons (Fsp3) is 0.500. The molecule has 0 aliphatic heterocycles. The first-order valence-electron chi connectivity index (χ1n) is 0.697. The van der Waals surface area contributed by atoms with E-state index in [9.17, 15) is 0 Å². The van der Waals surface area contributed by atoms with Gasteiger partial charge in [-0.25, -0.2) is 7.11 Å². The molecule has 0 heterocycles. The smallest absolute Gasteiger partial charge is 0 e. The van der Waals surface area contributed by atoms with E-state index in [-0.39, 0.29) is 65.4 Å². The molecule has 0 fully saturated rings. The van der Waals surface area contributed by atoms with Crippen LogP contribution < -0.4 is 0 Å². The van der Waals surface area contributed by atoms with E-state index in [0.29, 0.717) is 0 Å². The van der Waals surface area contributed by atoms with Crippen LogP contribution in [0.2, 0.25) is 0 Å². The second-order valence-corrected chi connectivity index (χ2v) is 0.289. The molecule has 1 nitrogen and oxygen atoms in total. The summed E-state index contributed by atoms with van der Waals surface area (Å²) < 4.78 is 4.00. The zero-order valence-corrected chi connectivity index (χ0v) is 8.95. The van der Waals surface area contributed by atoms with Crippen molar-refractivity contribution in [1.82, 2.24) is 0 Å². The summed E-state index contributed by atoms with van der Waals surface area (Å²) >= 11 is 0. The molecule has 0 aliphatic carbocycles. The monoisotopic (exact) mass is 223 g/mol. The summed E-state index contributed by atoms with van der Waals surface area (Å²) in [6, 6.07) is 0. The molecule has 0 atom stereocenters. The Labute approximate surface area is 83.0 Å². The van der Waals surface area contributed by atoms with Gasteiger partial charge in [-0.15, -0.1) is 0 Å².